The van der Waals surface area contributed by atoms with Crippen molar-refractivity contribution in [3.8, 4) is 5.75 Å². The summed E-state index contributed by atoms with van der Waals surface area (Å²) in [5.41, 5.74) is 2.20. The molecular weight excluding hydrogens is 310 g/mol. The molecule has 0 bridgehead atoms. The summed E-state index contributed by atoms with van der Waals surface area (Å²) in [6.45, 7) is 5.72. The summed E-state index contributed by atoms with van der Waals surface area (Å²) in [5.74, 6) is 1.27. The fraction of sp³-hybridized carbons (Fsp3) is 0.412. The number of carbonyl (C=O) groups excluding carboxylic acids is 1. The van der Waals surface area contributed by atoms with Crippen LogP contribution in [0.2, 0.25) is 0 Å². The SMILES string of the molecule is Cc1nc(C)c(CNC(=O)NC[C@@H]2COc3ccccc3C2)s1. The van der Waals surface area contributed by atoms with Crippen LogP contribution in [0.1, 0.15) is 21.1 Å². The van der Waals surface area contributed by atoms with Gasteiger partial charge in [-0.05, 0) is 31.9 Å². The first-order valence-corrected chi connectivity index (χ1v) is 8.59. The lowest BCUT2D eigenvalue weighted by Gasteiger charge is -2.25. The third kappa shape index (κ3) is 4.01. The molecule has 0 radical (unpaired) electrons. The topological polar surface area (TPSA) is 63.2 Å². The minimum absolute atomic E-state index is 0.144. The molecule has 1 aromatic heterocycles. The van der Waals surface area contributed by atoms with Crippen molar-refractivity contribution in [2.24, 2.45) is 5.92 Å². The summed E-state index contributed by atoms with van der Waals surface area (Å²) in [4.78, 5) is 17.4. The number of nitrogens with zero attached hydrogens (tertiary/aromatic N) is 1. The largest absolute Gasteiger partial charge is 0.493 e. The fourth-order valence-electron chi connectivity index (χ4n) is 2.72. The molecule has 2 heterocycles. The second kappa shape index (κ2) is 7.00. The van der Waals surface area contributed by atoms with E-state index in [9.17, 15) is 4.79 Å². The Morgan fingerprint density at radius 1 is 1.35 bits per heavy atom. The number of carbonyl (C=O) groups is 1. The number of aryl methyl sites for hydroxylation is 2. The van der Waals surface area contributed by atoms with Gasteiger partial charge in [-0.25, -0.2) is 9.78 Å². The maximum atomic E-state index is 11.9. The van der Waals surface area contributed by atoms with E-state index in [1.807, 2.05) is 32.0 Å². The number of fused-ring (bicyclic) bond motifs is 1. The van der Waals surface area contributed by atoms with Crippen LogP contribution >= 0.6 is 11.3 Å². The monoisotopic (exact) mass is 331 g/mol. The van der Waals surface area contributed by atoms with Gasteiger partial charge in [0.2, 0.25) is 0 Å². The molecule has 0 saturated heterocycles. The van der Waals surface area contributed by atoms with Crippen LogP contribution in [0.25, 0.3) is 0 Å². The third-order valence-corrected chi connectivity index (χ3v) is 4.99. The van der Waals surface area contributed by atoms with Crippen molar-refractivity contribution in [3.63, 3.8) is 0 Å². The van der Waals surface area contributed by atoms with Gasteiger partial charge in [0.15, 0.2) is 0 Å². The van der Waals surface area contributed by atoms with Gasteiger partial charge in [0.05, 0.1) is 23.9 Å². The van der Waals surface area contributed by atoms with E-state index < -0.39 is 0 Å². The number of nitrogens with one attached hydrogen (secondary N) is 2. The average molecular weight is 331 g/mol. The van der Waals surface area contributed by atoms with Gasteiger partial charge >= 0.3 is 6.03 Å². The van der Waals surface area contributed by atoms with Gasteiger partial charge in [0.25, 0.3) is 0 Å². The number of rotatable bonds is 4. The van der Waals surface area contributed by atoms with Crippen molar-refractivity contribution in [1.82, 2.24) is 15.6 Å². The first-order valence-electron chi connectivity index (χ1n) is 7.77. The predicted molar refractivity (Wildman–Crippen MR) is 91.0 cm³/mol. The highest BCUT2D eigenvalue weighted by Gasteiger charge is 2.19. The zero-order valence-electron chi connectivity index (χ0n) is 13.4. The normalized spacial score (nSPS) is 16.3. The van der Waals surface area contributed by atoms with Gasteiger partial charge < -0.3 is 15.4 Å². The number of aromatic nitrogens is 1. The Labute approximate surface area is 140 Å². The number of para-hydroxylation sites is 1. The van der Waals surface area contributed by atoms with Gasteiger partial charge in [0, 0.05) is 17.3 Å². The standard InChI is InChI=1S/C17H21N3O2S/c1-11-16(23-12(2)20-11)9-19-17(21)18-8-13-7-14-5-3-4-6-15(14)22-10-13/h3-6,13H,7-10H2,1-2H3,(H2,18,19,21)/t13-/m1/s1. The van der Waals surface area contributed by atoms with Crippen molar-refractivity contribution in [2.45, 2.75) is 26.8 Å². The van der Waals surface area contributed by atoms with E-state index in [0.29, 0.717) is 25.6 Å². The second-order valence-corrected chi connectivity index (χ2v) is 7.08. The molecule has 0 spiro atoms. The van der Waals surface area contributed by atoms with E-state index in [0.717, 1.165) is 27.7 Å². The van der Waals surface area contributed by atoms with Crippen LogP contribution in [0.15, 0.2) is 24.3 Å². The van der Waals surface area contributed by atoms with E-state index in [-0.39, 0.29) is 6.03 Å². The van der Waals surface area contributed by atoms with Gasteiger partial charge in [0.1, 0.15) is 5.75 Å². The number of amides is 2. The van der Waals surface area contributed by atoms with Gasteiger partial charge in [-0.3, -0.25) is 0 Å². The molecule has 2 amide bonds. The highest BCUT2D eigenvalue weighted by atomic mass is 32.1. The maximum absolute atomic E-state index is 11.9. The molecule has 2 aromatic rings. The Balaban J connectivity index is 1.44. The van der Waals surface area contributed by atoms with E-state index >= 15 is 0 Å². The van der Waals surface area contributed by atoms with E-state index in [1.165, 1.54) is 5.56 Å². The number of hydrogen-bond donors (Lipinski definition) is 2. The number of ether oxygens (including phenoxy) is 1. The van der Waals surface area contributed by atoms with Gasteiger partial charge in [-0.15, -0.1) is 11.3 Å². The van der Waals surface area contributed by atoms with Gasteiger partial charge in [-0.2, -0.15) is 0 Å². The summed E-state index contributed by atoms with van der Waals surface area (Å²) in [6, 6.07) is 7.92. The molecule has 23 heavy (non-hydrogen) atoms. The van der Waals surface area contributed by atoms with Crippen molar-refractivity contribution < 1.29 is 9.53 Å². The van der Waals surface area contributed by atoms with Crippen LogP contribution in [-0.4, -0.2) is 24.2 Å². The molecule has 0 unspecified atom stereocenters. The minimum Gasteiger partial charge on any atom is -0.493 e. The minimum atomic E-state index is -0.144. The Bertz CT molecular complexity index is 699. The van der Waals surface area contributed by atoms with E-state index in [1.54, 1.807) is 11.3 Å². The molecule has 0 saturated carbocycles. The Kier molecular flexibility index (Phi) is 4.81. The number of hydrogen-bond acceptors (Lipinski definition) is 4. The van der Waals surface area contributed by atoms with Crippen molar-refractivity contribution >= 4 is 17.4 Å². The number of urea groups is 1. The van der Waals surface area contributed by atoms with E-state index in [2.05, 4.69) is 21.7 Å². The van der Waals surface area contributed by atoms with Crippen molar-refractivity contribution in [2.75, 3.05) is 13.2 Å². The highest BCUT2D eigenvalue weighted by Crippen LogP contribution is 2.26. The lowest BCUT2D eigenvalue weighted by molar-refractivity contribution is 0.211. The van der Waals surface area contributed by atoms with Crippen molar-refractivity contribution in [3.05, 3.63) is 45.4 Å². The quantitative estimate of drug-likeness (QED) is 0.905. The molecule has 2 N–H and O–H groups in total. The molecule has 1 atom stereocenters. The Morgan fingerprint density at radius 2 is 2.17 bits per heavy atom. The average Bonchev–Trinajstić information content (AvgIpc) is 2.88. The third-order valence-electron chi connectivity index (χ3n) is 3.92. The maximum Gasteiger partial charge on any atom is 0.315 e. The van der Waals surface area contributed by atoms with Crippen LogP contribution in [-0.2, 0) is 13.0 Å². The first-order chi connectivity index (χ1) is 11.1. The Morgan fingerprint density at radius 3 is 2.96 bits per heavy atom. The molecule has 122 valence electrons. The lowest BCUT2D eigenvalue weighted by atomic mass is 9.97. The summed E-state index contributed by atoms with van der Waals surface area (Å²) < 4.78 is 5.74. The van der Waals surface area contributed by atoms with Crippen molar-refractivity contribution in [1.29, 1.82) is 0 Å². The van der Waals surface area contributed by atoms with Crippen LogP contribution in [0, 0.1) is 19.8 Å². The molecular formula is C17H21N3O2S. The molecule has 3 rings (SSSR count). The number of benzene rings is 1. The summed E-state index contributed by atoms with van der Waals surface area (Å²) in [6.07, 6.45) is 0.934. The van der Waals surface area contributed by atoms with E-state index in [4.69, 9.17) is 4.74 Å². The first kappa shape index (κ1) is 15.8. The predicted octanol–water partition coefficient (Wildman–Crippen LogP) is 2.81. The number of thiazole rings is 1. The molecule has 5 nitrogen and oxygen atoms in total. The van der Waals surface area contributed by atoms with Crippen LogP contribution in [0.5, 0.6) is 5.75 Å². The molecule has 1 aliphatic heterocycles. The summed E-state index contributed by atoms with van der Waals surface area (Å²) >= 11 is 1.62. The summed E-state index contributed by atoms with van der Waals surface area (Å²) in [7, 11) is 0. The molecule has 1 aliphatic rings. The molecule has 0 aliphatic carbocycles. The van der Waals surface area contributed by atoms with Crippen LogP contribution in [0.3, 0.4) is 0 Å². The molecule has 1 aromatic carbocycles. The van der Waals surface area contributed by atoms with Crippen LogP contribution < -0.4 is 15.4 Å². The zero-order valence-corrected chi connectivity index (χ0v) is 14.2. The molecule has 6 heteroatoms. The fourth-order valence-corrected chi connectivity index (χ4v) is 3.60. The summed E-state index contributed by atoms with van der Waals surface area (Å²) in [5, 5.41) is 6.85. The lowest BCUT2D eigenvalue weighted by Crippen LogP contribution is -2.40. The molecule has 0 fully saturated rings. The Hall–Kier alpha value is -2.08. The highest BCUT2D eigenvalue weighted by molar-refractivity contribution is 7.11. The smallest absolute Gasteiger partial charge is 0.315 e. The zero-order chi connectivity index (χ0) is 16.2. The second-order valence-electron chi connectivity index (χ2n) is 5.79. The van der Waals surface area contributed by atoms with Crippen LogP contribution in [0.4, 0.5) is 4.79 Å². The van der Waals surface area contributed by atoms with Gasteiger partial charge in [-0.1, -0.05) is 18.2 Å².